The van der Waals surface area contributed by atoms with Crippen molar-refractivity contribution in [2.75, 3.05) is 0 Å². The minimum Gasteiger partial charge on any atom is -0.481 e. The van der Waals surface area contributed by atoms with Gasteiger partial charge in [0.25, 0.3) is 0 Å². The number of hydrogen-bond acceptors (Lipinski definition) is 11. The van der Waals surface area contributed by atoms with Gasteiger partial charge in [0.15, 0.2) is 28.9 Å². The van der Waals surface area contributed by atoms with Crippen LogP contribution in [0.1, 0.15) is 91.9 Å². The molecule has 0 heterocycles. The lowest BCUT2D eigenvalue weighted by Gasteiger charge is -1.99. The van der Waals surface area contributed by atoms with Gasteiger partial charge in [0.1, 0.15) is 0 Å². The van der Waals surface area contributed by atoms with Crippen molar-refractivity contribution in [1.82, 2.24) is 0 Å². The van der Waals surface area contributed by atoms with Crippen molar-refractivity contribution in [1.29, 1.82) is 0 Å². The minimum atomic E-state index is -0.987. The summed E-state index contributed by atoms with van der Waals surface area (Å²) >= 11 is 0. The SMILES string of the molecule is CCC1=CC(O)CC1=O.CCC1=CC(O)CC1=O.CCC1=CC(OP)CC1=O.CCC1=CC(OP)CC1=O.O=C(O)CC1=CC(OP)CC1=O. The highest BCUT2D eigenvalue weighted by atomic mass is 31.0. The first-order valence-electron chi connectivity index (χ1n) is 16.5. The lowest BCUT2D eigenvalue weighted by Crippen LogP contribution is -2.04. The number of aliphatic hydroxyl groups is 2. The number of carbonyl (C=O) groups excluding carboxylic acids is 5. The van der Waals surface area contributed by atoms with Crippen molar-refractivity contribution >= 4 is 63.3 Å². The number of aliphatic carboxylic acids is 1. The predicted molar refractivity (Wildman–Crippen MR) is 198 cm³/mol. The van der Waals surface area contributed by atoms with Crippen LogP contribution in [0.4, 0.5) is 0 Å². The van der Waals surface area contributed by atoms with Crippen LogP contribution >= 0.6 is 28.4 Å². The first kappa shape index (κ1) is 45.6. The van der Waals surface area contributed by atoms with E-state index in [0.29, 0.717) is 31.3 Å². The number of hydrogen-bond donors (Lipinski definition) is 3. The fraction of sp³-hybridized carbons (Fsp3) is 0.543. The van der Waals surface area contributed by atoms with Crippen LogP contribution in [-0.4, -0.2) is 80.7 Å². The van der Waals surface area contributed by atoms with Crippen LogP contribution < -0.4 is 0 Å². The lowest BCUT2D eigenvalue weighted by atomic mass is 10.1. The van der Waals surface area contributed by atoms with E-state index in [1.54, 1.807) is 18.2 Å². The van der Waals surface area contributed by atoms with Gasteiger partial charge in [-0.15, -0.1) is 0 Å². The third-order valence-electron chi connectivity index (χ3n) is 8.08. The number of Topliss-reactive ketones (excluding diaryl/α,β-unsaturated/α-hetero) is 5. The van der Waals surface area contributed by atoms with E-state index in [9.17, 15) is 28.8 Å². The standard InChI is InChI=1S/C7H9O4P.2C7H11O2P.2C7H10O2/c8-6-3-5(11-12)1-4(6)2-7(9)10;2*1-2-5-3-6(9-10)4-7(5)8;2*1-2-5-3-6(8)4-7(5)9/h1,5H,2-3,12H2,(H,9,10);2*3,6H,2,4,10H2,1H3;2*3,6,8H,2,4H2,1H3. The van der Waals surface area contributed by atoms with E-state index < -0.39 is 18.2 Å². The first-order valence-corrected chi connectivity index (χ1v) is 17.9. The maximum Gasteiger partial charge on any atom is 0.307 e. The van der Waals surface area contributed by atoms with Crippen molar-refractivity contribution < 1.29 is 57.7 Å². The molecule has 278 valence electrons. The summed E-state index contributed by atoms with van der Waals surface area (Å²) in [7, 11) is 6.41. The second kappa shape index (κ2) is 24.0. The predicted octanol–water partition coefficient (Wildman–Crippen LogP) is 4.79. The third kappa shape index (κ3) is 15.9. The van der Waals surface area contributed by atoms with Gasteiger partial charge in [0.2, 0.25) is 0 Å². The number of ketones is 5. The summed E-state index contributed by atoms with van der Waals surface area (Å²) in [5.41, 5.74) is 3.72. The Labute approximate surface area is 301 Å². The summed E-state index contributed by atoms with van der Waals surface area (Å²) in [5, 5.41) is 26.2. The third-order valence-corrected chi connectivity index (χ3v) is 9.13. The molecule has 5 rings (SSSR count). The van der Waals surface area contributed by atoms with E-state index in [1.165, 1.54) is 0 Å². The molecule has 0 aliphatic heterocycles. The van der Waals surface area contributed by atoms with E-state index in [1.807, 2.05) is 39.8 Å². The number of carboxylic acid groups (broad SMARTS) is 1. The quantitative estimate of drug-likeness (QED) is 0.273. The summed E-state index contributed by atoms with van der Waals surface area (Å²) in [5.74, 6) is -0.455. The lowest BCUT2D eigenvalue weighted by molar-refractivity contribution is -0.137. The smallest absolute Gasteiger partial charge is 0.307 e. The Morgan fingerprint density at radius 2 is 0.800 bits per heavy atom. The second-order valence-electron chi connectivity index (χ2n) is 11.7. The van der Waals surface area contributed by atoms with Gasteiger partial charge in [0.05, 0.1) is 36.9 Å². The van der Waals surface area contributed by atoms with E-state index in [-0.39, 0.29) is 60.1 Å². The summed E-state index contributed by atoms with van der Waals surface area (Å²) < 4.78 is 14.7. The van der Waals surface area contributed by atoms with Gasteiger partial charge in [-0.25, -0.2) is 0 Å². The summed E-state index contributed by atoms with van der Waals surface area (Å²) in [6.45, 7) is 7.80. The molecule has 0 spiro atoms. The highest BCUT2D eigenvalue weighted by Crippen LogP contribution is 2.23. The largest absolute Gasteiger partial charge is 0.481 e. The molecule has 0 amide bonds. The van der Waals surface area contributed by atoms with Crippen molar-refractivity contribution in [2.24, 2.45) is 0 Å². The Morgan fingerprint density at radius 3 is 0.980 bits per heavy atom. The molecular weight excluding hydrogens is 705 g/mol. The van der Waals surface area contributed by atoms with Gasteiger partial charge in [-0.1, -0.05) is 27.7 Å². The molecule has 3 N–H and O–H groups in total. The fourth-order valence-corrected chi connectivity index (χ4v) is 5.85. The minimum absolute atomic E-state index is 0.00690. The highest BCUT2D eigenvalue weighted by molar-refractivity contribution is 7.10. The topological polar surface area (TPSA) is 191 Å². The molecule has 0 fully saturated rings. The Balaban J connectivity index is 0.000000314. The molecule has 0 aromatic carbocycles. The normalized spacial score (nSPS) is 25.1. The van der Waals surface area contributed by atoms with E-state index >= 15 is 0 Å². The Morgan fingerprint density at radius 1 is 0.540 bits per heavy atom. The molecule has 8 unspecified atom stereocenters. The van der Waals surface area contributed by atoms with E-state index in [4.69, 9.17) is 28.9 Å². The van der Waals surface area contributed by atoms with Crippen LogP contribution in [-0.2, 0) is 42.3 Å². The van der Waals surface area contributed by atoms with Crippen LogP contribution in [0.15, 0.2) is 58.2 Å². The molecule has 12 nitrogen and oxygen atoms in total. The molecule has 8 atom stereocenters. The second-order valence-corrected chi connectivity index (χ2v) is 12.6. The fourth-order valence-electron chi connectivity index (χ4n) is 5.32. The molecule has 5 aliphatic carbocycles. The van der Waals surface area contributed by atoms with E-state index in [2.05, 4.69) is 28.4 Å². The number of carbonyl (C=O) groups is 6. The number of rotatable bonds is 9. The molecule has 15 heteroatoms. The van der Waals surface area contributed by atoms with Crippen molar-refractivity contribution in [2.45, 2.75) is 122 Å². The van der Waals surface area contributed by atoms with Crippen LogP contribution in [0.3, 0.4) is 0 Å². The van der Waals surface area contributed by atoms with Gasteiger partial charge in [-0.2, -0.15) is 0 Å². The van der Waals surface area contributed by atoms with Crippen LogP contribution in [0.5, 0.6) is 0 Å². The van der Waals surface area contributed by atoms with Crippen LogP contribution in [0.25, 0.3) is 0 Å². The number of carboxylic acids is 1. The molecule has 50 heavy (non-hydrogen) atoms. The zero-order chi connectivity index (χ0) is 38.0. The van der Waals surface area contributed by atoms with Crippen molar-refractivity contribution in [3.8, 4) is 0 Å². The molecule has 0 radical (unpaired) electrons. The average Bonchev–Trinajstić information content (AvgIpc) is 3.89. The first-order chi connectivity index (χ1) is 23.7. The van der Waals surface area contributed by atoms with Gasteiger partial charge >= 0.3 is 5.97 Å². The molecule has 0 saturated heterocycles. The molecule has 0 aromatic heterocycles. The summed E-state index contributed by atoms with van der Waals surface area (Å²) in [6, 6.07) is 0. The molecule has 0 bridgehead atoms. The zero-order valence-electron chi connectivity index (χ0n) is 29.1. The van der Waals surface area contributed by atoms with Crippen LogP contribution in [0, 0.1) is 0 Å². The monoisotopic (exact) mass is 756 g/mol. The van der Waals surface area contributed by atoms with Crippen molar-refractivity contribution in [3.63, 3.8) is 0 Å². The van der Waals surface area contributed by atoms with Gasteiger partial charge in [-0.3, -0.25) is 28.8 Å². The zero-order valence-corrected chi connectivity index (χ0v) is 32.6. The van der Waals surface area contributed by atoms with Crippen molar-refractivity contribution in [3.05, 3.63) is 58.2 Å². The van der Waals surface area contributed by atoms with Crippen LogP contribution in [0.2, 0.25) is 0 Å². The number of allylic oxidation sites excluding steroid dienone is 4. The molecule has 5 aliphatic rings. The van der Waals surface area contributed by atoms with Gasteiger partial charge in [0, 0.05) is 66.1 Å². The average molecular weight is 757 g/mol. The maximum absolute atomic E-state index is 11.1. The Bertz CT molecular complexity index is 1320. The Kier molecular flexibility index (Phi) is 21.9. The molecule has 0 saturated carbocycles. The molecule has 0 aromatic rings. The Hall–Kier alpha value is -2.39. The highest BCUT2D eigenvalue weighted by Gasteiger charge is 2.25. The summed E-state index contributed by atoms with van der Waals surface area (Å²) in [4.78, 5) is 64.9. The van der Waals surface area contributed by atoms with Gasteiger partial charge < -0.3 is 28.9 Å². The maximum atomic E-state index is 11.1. The van der Waals surface area contributed by atoms with E-state index in [0.717, 1.165) is 48.0 Å². The molecular formula is C35H51O12P3. The van der Waals surface area contributed by atoms with Gasteiger partial charge in [-0.05, 0) is 78.4 Å². The summed E-state index contributed by atoms with van der Waals surface area (Å²) in [6.07, 6.45) is 12.2. The number of aliphatic hydroxyl groups excluding tert-OH is 2.